The zero-order valence-corrected chi connectivity index (χ0v) is 9.95. The van der Waals surface area contributed by atoms with Gasteiger partial charge < -0.3 is 4.74 Å². The van der Waals surface area contributed by atoms with Crippen LogP contribution in [0.4, 0.5) is 0 Å². The van der Waals surface area contributed by atoms with Gasteiger partial charge in [-0.3, -0.25) is 4.79 Å². The third kappa shape index (κ3) is 5.24. The van der Waals surface area contributed by atoms with Crippen LogP contribution < -0.4 is 0 Å². The van der Waals surface area contributed by atoms with Gasteiger partial charge in [0, 0.05) is 12.5 Å². The summed E-state index contributed by atoms with van der Waals surface area (Å²) in [6, 6.07) is 9.67. The van der Waals surface area contributed by atoms with E-state index in [0.29, 0.717) is 6.42 Å². The molecule has 1 rings (SSSR count). The molecule has 0 heterocycles. The molecule has 0 bridgehead atoms. The van der Waals surface area contributed by atoms with Crippen molar-refractivity contribution in [2.24, 2.45) is 0 Å². The van der Waals surface area contributed by atoms with Gasteiger partial charge in [-0.05, 0) is 28.1 Å². The van der Waals surface area contributed by atoms with E-state index in [1.807, 2.05) is 30.3 Å². The van der Waals surface area contributed by atoms with E-state index in [1.165, 1.54) is 6.92 Å². The highest BCUT2D eigenvalue weighted by atomic mass is 79.9. The summed E-state index contributed by atoms with van der Waals surface area (Å²) in [6.45, 7) is 1.37. The second-order valence-electron chi connectivity index (χ2n) is 2.89. The van der Waals surface area contributed by atoms with Gasteiger partial charge in [0.05, 0.1) is 6.42 Å². The van der Waals surface area contributed by atoms with Gasteiger partial charge in [0.25, 0.3) is 0 Å². The number of hydrogen-bond donors (Lipinski definition) is 0. The molecule has 3 heteroatoms. The summed E-state index contributed by atoms with van der Waals surface area (Å²) in [5.41, 5.74) is 0.958. The lowest BCUT2D eigenvalue weighted by atomic mass is 10.2. The molecule has 0 spiro atoms. The highest BCUT2D eigenvalue weighted by Gasteiger charge is 2.03. The molecule has 0 saturated heterocycles. The van der Waals surface area contributed by atoms with Gasteiger partial charge in [-0.15, -0.1) is 0 Å². The maximum absolute atomic E-state index is 10.6. The number of ether oxygens (including phenoxy) is 1. The molecule has 1 aromatic rings. The molecule has 0 saturated carbocycles. The van der Waals surface area contributed by atoms with E-state index in [1.54, 1.807) is 0 Å². The van der Waals surface area contributed by atoms with E-state index in [0.717, 1.165) is 5.56 Å². The lowest BCUT2D eigenvalue weighted by Crippen LogP contribution is -2.07. The van der Waals surface area contributed by atoms with E-state index < -0.39 is 0 Å². The summed E-state index contributed by atoms with van der Waals surface area (Å²) in [5.74, 6) is 5.60. The number of rotatable bonds is 2. The molecule has 1 atom stereocenters. The molecular formula is C12H11BrO2. The normalized spacial score (nSPS) is 11.1. The molecule has 0 radical (unpaired) electrons. The van der Waals surface area contributed by atoms with Gasteiger partial charge in [0.15, 0.2) is 5.01 Å². The first-order valence-corrected chi connectivity index (χ1v) is 5.45. The van der Waals surface area contributed by atoms with Gasteiger partial charge in [-0.1, -0.05) is 30.0 Å². The third-order valence-corrected chi connectivity index (χ3v) is 2.07. The Hall–Kier alpha value is -1.27. The molecule has 2 nitrogen and oxygen atoms in total. The van der Waals surface area contributed by atoms with Crippen LogP contribution in [0.15, 0.2) is 30.3 Å². The molecule has 0 aliphatic rings. The fourth-order valence-corrected chi connectivity index (χ4v) is 1.40. The molecular weight excluding hydrogens is 256 g/mol. The third-order valence-electron chi connectivity index (χ3n) is 1.56. The fraction of sp³-hybridized carbons (Fsp3) is 0.250. The van der Waals surface area contributed by atoms with E-state index in [-0.39, 0.29) is 11.0 Å². The zero-order chi connectivity index (χ0) is 11.1. The van der Waals surface area contributed by atoms with Gasteiger partial charge >= 0.3 is 5.97 Å². The summed E-state index contributed by atoms with van der Waals surface area (Å²) >= 11 is 3.21. The summed E-state index contributed by atoms with van der Waals surface area (Å²) in [7, 11) is 0. The quantitative estimate of drug-likeness (QED) is 0.468. The predicted molar refractivity (Wildman–Crippen MR) is 62.4 cm³/mol. The first kappa shape index (κ1) is 11.8. The number of benzene rings is 1. The number of carbonyl (C=O) groups is 1. The smallest absolute Gasteiger partial charge is 0.303 e. The maximum atomic E-state index is 10.6. The van der Waals surface area contributed by atoms with Crippen LogP contribution in [0.5, 0.6) is 0 Å². The maximum Gasteiger partial charge on any atom is 0.303 e. The number of esters is 1. The largest absolute Gasteiger partial charge is 0.450 e. The first-order valence-electron chi connectivity index (χ1n) is 4.53. The monoisotopic (exact) mass is 266 g/mol. The SMILES string of the molecule is CC(=O)OC(Br)CC#Cc1ccccc1. The van der Waals surface area contributed by atoms with Crippen molar-refractivity contribution in [3.05, 3.63) is 35.9 Å². The molecule has 0 aromatic heterocycles. The van der Waals surface area contributed by atoms with Gasteiger partial charge in [0.1, 0.15) is 0 Å². The molecule has 0 aliphatic heterocycles. The number of alkyl halides is 1. The van der Waals surface area contributed by atoms with Crippen LogP contribution >= 0.6 is 15.9 Å². The fourth-order valence-electron chi connectivity index (χ4n) is 0.977. The Bertz CT molecular complexity index is 376. The van der Waals surface area contributed by atoms with Crippen molar-refractivity contribution in [2.45, 2.75) is 18.4 Å². The molecule has 0 fully saturated rings. The number of halogens is 1. The molecule has 1 unspecified atom stereocenters. The number of carbonyl (C=O) groups excluding carboxylic acids is 1. The zero-order valence-electron chi connectivity index (χ0n) is 8.37. The van der Waals surface area contributed by atoms with E-state index in [9.17, 15) is 4.79 Å². The second kappa shape index (κ2) is 6.26. The van der Waals surface area contributed by atoms with Crippen molar-refractivity contribution in [2.75, 3.05) is 0 Å². The lowest BCUT2D eigenvalue weighted by molar-refractivity contribution is -0.141. The topological polar surface area (TPSA) is 26.3 Å². The highest BCUT2D eigenvalue weighted by molar-refractivity contribution is 9.09. The Morgan fingerprint density at radius 1 is 1.47 bits per heavy atom. The molecule has 0 aliphatic carbocycles. The van der Waals surface area contributed by atoms with Crippen molar-refractivity contribution in [3.63, 3.8) is 0 Å². The van der Waals surface area contributed by atoms with Crippen molar-refractivity contribution in [1.29, 1.82) is 0 Å². The molecule has 78 valence electrons. The van der Waals surface area contributed by atoms with Crippen LogP contribution in [0.25, 0.3) is 0 Å². The van der Waals surface area contributed by atoms with Crippen LogP contribution in [0.2, 0.25) is 0 Å². The van der Waals surface area contributed by atoms with Gasteiger partial charge in [-0.25, -0.2) is 0 Å². The molecule has 0 N–H and O–H groups in total. The minimum absolute atomic E-state index is 0.307. The lowest BCUT2D eigenvalue weighted by Gasteiger charge is -2.04. The molecule has 15 heavy (non-hydrogen) atoms. The minimum atomic E-state index is -0.328. The Morgan fingerprint density at radius 2 is 2.13 bits per heavy atom. The standard InChI is InChI=1S/C12H11BrO2/c1-10(14)15-12(13)9-5-8-11-6-3-2-4-7-11/h2-4,6-7,12H,9H2,1H3. The van der Waals surface area contributed by atoms with Gasteiger partial charge in [0.2, 0.25) is 0 Å². The average molecular weight is 267 g/mol. The van der Waals surface area contributed by atoms with Crippen LogP contribution in [0.3, 0.4) is 0 Å². The van der Waals surface area contributed by atoms with Crippen LogP contribution in [-0.2, 0) is 9.53 Å². The Morgan fingerprint density at radius 3 is 2.73 bits per heavy atom. The van der Waals surface area contributed by atoms with Crippen LogP contribution in [0.1, 0.15) is 18.9 Å². The van der Waals surface area contributed by atoms with Gasteiger partial charge in [-0.2, -0.15) is 0 Å². The van der Waals surface area contributed by atoms with E-state index >= 15 is 0 Å². The van der Waals surface area contributed by atoms with Crippen LogP contribution in [-0.4, -0.2) is 11.0 Å². The molecule has 1 aromatic carbocycles. The summed E-state index contributed by atoms with van der Waals surface area (Å²) in [5, 5.41) is -0.328. The Balaban J connectivity index is 2.43. The Labute approximate surface area is 97.8 Å². The van der Waals surface area contributed by atoms with Crippen molar-refractivity contribution >= 4 is 21.9 Å². The first-order chi connectivity index (χ1) is 7.18. The molecule has 0 amide bonds. The summed E-state index contributed by atoms with van der Waals surface area (Å²) < 4.78 is 4.86. The van der Waals surface area contributed by atoms with Crippen molar-refractivity contribution in [1.82, 2.24) is 0 Å². The average Bonchev–Trinajstić information content (AvgIpc) is 2.18. The van der Waals surface area contributed by atoms with E-state index in [2.05, 4.69) is 27.8 Å². The second-order valence-corrected chi connectivity index (χ2v) is 3.91. The van der Waals surface area contributed by atoms with Crippen LogP contribution in [0, 0.1) is 11.8 Å². The Kier molecular flexibility index (Phi) is 4.92. The van der Waals surface area contributed by atoms with Crippen molar-refractivity contribution < 1.29 is 9.53 Å². The highest BCUT2D eigenvalue weighted by Crippen LogP contribution is 2.06. The summed E-state index contributed by atoms with van der Waals surface area (Å²) in [6.07, 6.45) is 0.481. The minimum Gasteiger partial charge on any atom is -0.450 e. The predicted octanol–water partition coefficient (Wildman–Crippen LogP) is 2.71. The number of hydrogen-bond acceptors (Lipinski definition) is 2. The van der Waals surface area contributed by atoms with Crippen molar-refractivity contribution in [3.8, 4) is 11.8 Å². The summed E-state index contributed by atoms with van der Waals surface area (Å²) in [4.78, 5) is 10.6. The van der Waals surface area contributed by atoms with E-state index in [4.69, 9.17) is 4.74 Å².